The molecule has 0 saturated carbocycles. The molecule has 2 aliphatic rings. The number of nitrogens with zero attached hydrogens (tertiary/aromatic N) is 2. The molecule has 1 aromatic carbocycles. The molecular formula is C22H25F3N4O4S. The zero-order valence-electron chi connectivity index (χ0n) is 18.6. The molecule has 2 unspecified atom stereocenters. The van der Waals surface area contributed by atoms with Crippen molar-refractivity contribution in [3.8, 4) is 5.75 Å². The molecule has 1 aromatic heterocycles. The number of halogens is 3. The third-order valence-electron chi connectivity index (χ3n) is 6.25. The monoisotopic (exact) mass is 498 g/mol. The second-order valence-corrected chi connectivity index (χ2v) is 10.7. The van der Waals surface area contributed by atoms with E-state index in [0.717, 1.165) is 12.8 Å². The van der Waals surface area contributed by atoms with Crippen LogP contribution in [0, 0.1) is 17.5 Å². The number of nitrogens with two attached hydrogens (primary N) is 1. The van der Waals surface area contributed by atoms with E-state index < -0.39 is 44.7 Å². The molecule has 0 aliphatic carbocycles. The summed E-state index contributed by atoms with van der Waals surface area (Å²) in [5.41, 5.74) is -1.61. The van der Waals surface area contributed by atoms with Gasteiger partial charge in [0.1, 0.15) is 16.5 Å². The van der Waals surface area contributed by atoms with Crippen molar-refractivity contribution in [1.29, 1.82) is 0 Å². The predicted octanol–water partition coefficient (Wildman–Crippen LogP) is 2.62. The predicted molar refractivity (Wildman–Crippen MR) is 117 cm³/mol. The summed E-state index contributed by atoms with van der Waals surface area (Å²) in [6.45, 7) is 2.76. The van der Waals surface area contributed by atoms with E-state index in [0.29, 0.717) is 30.8 Å². The third kappa shape index (κ3) is 4.83. The second-order valence-electron chi connectivity index (χ2n) is 9.14. The fourth-order valence-corrected chi connectivity index (χ4v) is 5.11. The largest absolute Gasteiger partial charge is 0.472 e. The fourth-order valence-electron chi connectivity index (χ4n) is 4.65. The number of fused-ring (bicyclic) bond motifs is 2. The molecule has 34 heavy (non-hydrogen) atoms. The number of ether oxygens (including phenoxy) is 1. The highest BCUT2D eigenvalue weighted by molar-refractivity contribution is 7.89. The smallest absolute Gasteiger partial charge is 0.263 e. The van der Waals surface area contributed by atoms with Gasteiger partial charge in [-0.05, 0) is 51.7 Å². The third-order valence-corrected chi connectivity index (χ3v) is 7.15. The average Bonchev–Trinajstić information content (AvgIpc) is 3.00. The van der Waals surface area contributed by atoms with Crippen molar-refractivity contribution in [2.45, 2.75) is 68.2 Å². The first kappa shape index (κ1) is 24.3. The van der Waals surface area contributed by atoms with Gasteiger partial charge >= 0.3 is 0 Å². The highest BCUT2D eigenvalue weighted by Gasteiger charge is 2.43. The average molecular weight is 499 g/mol. The zero-order valence-corrected chi connectivity index (χ0v) is 19.4. The maximum absolute atomic E-state index is 14.0. The molecule has 12 heteroatoms. The van der Waals surface area contributed by atoms with Crippen LogP contribution in [0.25, 0.3) is 0 Å². The van der Waals surface area contributed by atoms with E-state index in [1.54, 1.807) is 6.07 Å². The summed E-state index contributed by atoms with van der Waals surface area (Å²) >= 11 is 0. The van der Waals surface area contributed by atoms with Crippen molar-refractivity contribution >= 4 is 21.7 Å². The summed E-state index contributed by atoms with van der Waals surface area (Å²) in [6.07, 6.45) is 4.20. The molecule has 184 valence electrons. The quantitative estimate of drug-likeness (QED) is 0.633. The zero-order chi connectivity index (χ0) is 24.8. The summed E-state index contributed by atoms with van der Waals surface area (Å²) in [7, 11) is -3.83. The summed E-state index contributed by atoms with van der Waals surface area (Å²) in [5, 5.41) is 8.04. The Morgan fingerprint density at radius 1 is 1.15 bits per heavy atom. The summed E-state index contributed by atoms with van der Waals surface area (Å²) in [6, 6.07) is 3.97. The van der Waals surface area contributed by atoms with Crippen molar-refractivity contribution in [2.75, 3.05) is 4.90 Å². The number of amides is 1. The van der Waals surface area contributed by atoms with E-state index in [1.165, 1.54) is 26.1 Å². The van der Waals surface area contributed by atoms with Gasteiger partial charge in [0.15, 0.2) is 23.0 Å². The van der Waals surface area contributed by atoms with Crippen LogP contribution in [0.3, 0.4) is 0 Å². The first-order valence-electron chi connectivity index (χ1n) is 10.8. The van der Waals surface area contributed by atoms with Crippen molar-refractivity contribution in [1.82, 2.24) is 10.3 Å². The molecule has 4 rings (SSSR count). The second kappa shape index (κ2) is 8.73. The van der Waals surface area contributed by atoms with Gasteiger partial charge < -0.3 is 15.0 Å². The standard InChI is InChI=1S/C22H25F3N4O4S/c1-22(2,33-20-17(24)7-12(23)8-18(20)25)21(30)28-13-9-14-3-4-15(10-13)29(14)19-6-5-16(11-27-19)34(26,31)32/h5-8,11,13-15H,3-4,9-10H2,1-2H3,(H,28,30)(H2,26,31,32). The Kier molecular flexibility index (Phi) is 6.23. The van der Waals surface area contributed by atoms with E-state index >= 15 is 0 Å². The van der Waals surface area contributed by atoms with Crippen LogP contribution in [0.4, 0.5) is 19.0 Å². The maximum Gasteiger partial charge on any atom is 0.263 e. The Morgan fingerprint density at radius 2 is 1.74 bits per heavy atom. The number of aromatic nitrogens is 1. The molecule has 2 saturated heterocycles. The van der Waals surface area contributed by atoms with Crippen LogP contribution in [-0.2, 0) is 14.8 Å². The minimum absolute atomic E-state index is 0.0676. The Bertz CT molecular complexity index is 1170. The van der Waals surface area contributed by atoms with Gasteiger partial charge in [-0.2, -0.15) is 0 Å². The van der Waals surface area contributed by atoms with Crippen LogP contribution < -0.4 is 20.1 Å². The molecule has 1 amide bonds. The lowest BCUT2D eigenvalue weighted by molar-refractivity contribution is -0.135. The van der Waals surface area contributed by atoms with Gasteiger partial charge in [-0.3, -0.25) is 4.79 Å². The number of sulfonamides is 1. The number of hydrogen-bond donors (Lipinski definition) is 2. The number of piperidine rings is 1. The first-order chi connectivity index (χ1) is 15.8. The number of carbonyl (C=O) groups excluding carboxylic acids is 1. The van der Waals surface area contributed by atoms with Gasteiger partial charge in [0, 0.05) is 36.5 Å². The number of pyridine rings is 1. The van der Waals surface area contributed by atoms with Crippen molar-refractivity contribution in [2.24, 2.45) is 5.14 Å². The van der Waals surface area contributed by atoms with Crippen LogP contribution in [-0.4, -0.2) is 43.0 Å². The molecule has 2 atom stereocenters. The Balaban J connectivity index is 1.42. The van der Waals surface area contributed by atoms with Gasteiger partial charge in [0.25, 0.3) is 5.91 Å². The summed E-state index contributed by atoms with van der Waals surface area (Å²) in [5.74, 6) is -4.28. The molecule has 2 fully saturated rings. The summed E-state index contributed by atoms with van der Waals surface area (Å²) < 4.78 is 69.4. The van der Waals surface area contributed by atoms with Gasteiger partial charge in [0.05, 0.1) is 0 Å². The molecule has 2 aliphatic heterocycles. The lowest BCUT2D eigenvalue weighted by atomic mass is 9.96. The number of carbonyl (C=O) groups is 1. The lowest BCUT2D eigenvalue weighted by Gasteiger charge is -2.40. The van der Waals surface area contributed by atoms with E-state index in [9.17, 15) is 26.4 Å². The van der Waals surface area contributed by atoms with Crippen LogP contribution in [0.5, 0.6) is 5.75 Å². The molecule has 2 bridgehead atoms. The molecule has 2 aromatic rings. The Hall–Kier alpha value is -2.86. The van der Waals surface area contributed by atoms with Crippen LogP contribution in [0.2, 0.25) is 0 Å². The van der Waals surface area contributed by atoms with Crippen molar-refractivity contribution in [3.05, 3.63) is 47.9 Å². The van der Waals surface area contributed by atoms with Crippen LogP contribution in [0.15, 0.2) is 35.4 Å². The van der Waals surface area contributed by atoms with Gasteiger partial charge in [-0.1, -0.05) is 0 Å². The van der Waals surface area contributed by atoms with Crippen molar-refractivity contribution < 1.29 is 31.1 Å². The number of benzene rings is 1. The fraction of sp³-hybridized carbons (Fsp3) is 0.455. The lowest BCUT2D eigenvalue weighted by Crippen LogP contribution is -2.55. The molecule has 3 heterocycles. The number of primary sulfonamides is 1. The van der Waals surface area contributed by atoms with Gasteiger partial charge in [-0.15, -0.1) is 0 Å². The number of rotatable bonds is 6. The van der Waals surface area contributed by atoms with Crippen LogP contribution in [0.1, 0.15) is 39.5 Å². The molecular weight excluding hydrogens is 473 g/mol. The first-order valence-corrected chi connectivity index (χ1v) is 12.3. The summed E-state index contributed by atoms with van der Waals surface area (Å²) in [4.78, 5) is 19.2. The van der Waals surface area contributed by atoms with Crippen molar-refractivity contribution in [3.63, 3.8) is 0 Å². The minimum atomic E-state index is -3.83. The van der Waals surface area contributed by atoms with E-state index in [2.05, 4.69) is 15.2 Å². The Morgan fingerprint density at radius 3 is 2.24 bits per heavy atom. The number of anilines is 1. The normalized spacial score (nSPS) is 22.5. The molecule has 8 nitrogen and oxygen atoms in total. The Labute approximate surface area is 195 Å². The van der Waals surface area contributed by atoms with E-state index in [4.69, 9.17) is 9.88 Å². The van der Waals surface area contributed by atoms with Crippen LogP contribution >= 0.6 is 0 Å². The minimum Gasteiger partial charge on any atom is -0.472 e. The molecule has 0 spiro atoms. The molecule has 0 radical (unpaired) electrons. The van der Waals surface area contributed by atoms with E-state index in [-0.39, 0.29) is 23.0 Å². The highest BCUT2D eigenvalue weighted by atomic mass is 32.2. The van der Waals surface area contributed by atoms with E-state index in [1.807, 2.05) is 0 Å². The highest BCUT2D eigenvalue weighted by Crippen LogP contribution is 2.39. The SMILES string of the molecule is CC(C)(Oc1c(F)cc(F)cc1F)C(=O)NC1CC2CCC(C1)N2c1ccc(S(N)(=O)=O)cn1. The number of hydrogen-bond acceptors (Lipinski definition) is 6. The number of nitrogens with one attached hydrogen (secondary N) is 1. The topological polar surface area (TPSA) is 115 Å². The van der Waals surface area contributed by atoms with Gasteiger partial charge in [0.2, 0.25) is 10.0 Å². The molecule has 3 N–H and O–H groups in total. The maximum atomic E-state index is 14.0. The van der Waals surface area contributed by atoms with Gasteiger partial charge in [-0.25, -0.2) is 31.7 Å².